The van der Waals surface area contributed by atoms with E-state index in [1.165, 1.54) is 19.6 Å². The van der Waals surface area contributed by atoms with Gasteiger partial charge in [-0.15, -0.1) is 0 Å². The van der Waals surface area contributed by atoms with Gasteiger partial charge in [-0.1, -0.05) is 19.1 Å². The molecule has 0 radical (unpaired) electrons. The van der Waals surface area contributed by atoms with Crippen molar-refractivity contribution in [1.82, 2.24) is 0 Å². The molecule has 1 aromatic carbocycles. The first-order chi connectivity index (χ1) is 9.06. The van der Waals surface area contributed by atoms with Crippen LogP contribution in [-0.4, -0.2) is 31.7 Å². The molecule has 0 bridgehead atoms. The fourth-order valence-corrected chi connectivity index (χ4v) is 1.47. The summed E-state index contributed by atoms with van der Waals surface area (Å²) in [6.45, 7) is 3.41. The molecule has 0 unspecified atom stereocenters. The zero-order valence-corrected chi connectivity index (χ0v) is 11.4. The predicted molar refractivity (Wildman–Crippen MR) is 71.9 cm³/mol. The normalized spacial score (nSPS) is 11.7. The van der Waals surface area contributed by atoms with Crippen LogP contribution in [0.1, 0.15) is 19.4 Å². The molecule has 1 atom stereocenters. The predicted octanol–water partition coefficient (Wildman–Crippen LogP) is 1.77. The van der Waals surface area contributed by atoms with Gasteiger partial charge in [-0.25, -0.2) is 4.79 Å². The molecule has 0 aliphatic carbocycles. The van der Waals surface area contributed by atoms with Gasteiger partial charge < -0.3 is 14.8 Å². The van der Waals surface area contributed by atoms with E-state index in [0.717, 1.165) is 6.42 Å². The van der Waals surface area contributed by atoms with Gasteiger partial charge in [-0.3, -0.25) is 4.79 Å². The lowest BCUT2D eigenvalue weighted by atomic mass is 10.1. The average molecular weight is 265 g/mol. The van der Waals surface area contributed by atoms with Gasteiger partial charge in [0.25, 0.3) is 5.91 Å². The van der Waals surface area contributed by atoms with Crippen LogP contribution in [0.15, 0.2) is 24.3 Å². The molecule has 0 heterocycles. The van der Waals surface area contributed by atoms with E-state index in [-0.39, 0.29) is 12.5 Å². The molecule has 0 saturated heterocycles. The van der Waals surface area contributed by atoms with Crippen molar-refractivity contribution in [1.29, 1.82) is 0 Å². The molecule has 5 heteroatoms. The van der Waals surface area contributed by atoms with E-state index in [9.17, 15) is 9.59 Å². The molecule has 0 fully saturated rings. The zero-order chi connectivity index (χ0) is 14.3. The van der Waals surface area contributed by atoms with Crippen LogP contribution in [0.25, 0.3) is 0 Å². The van der Waals surface area contributed by atoms with Gasteiger partial charge in [0.1, 0.15) is 6.61 Å². The number of carbonyl (C=O) groups is 2. The Morgan fingerprint density at radius 3 is 2.42 bits per heavy atom. The van der Waals surface area contributed by atoms with E-state index in [1.54, 1.807) is 0 Å². The topological polar surface area (TPSA) is 64.6 Å². The Hall–Kier alpha value is -1.88. The monoisotopic (exact) mass is 265 g/mol. The summed E-state index contributed by atoms with van der Waals surface area (Å²) in [6, 6.07) is 7.52. The Morgan fingerprint density at radius 1 is 1.26 bits per heavy atom. The minimum absolute atomic E-state index is 0.164. The highest BCUT2D eigenvalue weighted by molar-refractivity contribution is 5.95. The summed E-state index contributed by atoms with van der Waals surface area (Å²) in [5.74, 6) is -0.930. The number of anilines is 1. The Balaban J connectivity index is 2.51. The van der Waals surface area contributed by atoms with Crippen LogP contribution in [0.3, 0.4) is 0 Å². The third-order valence-corrected chi connectivity index (χ3v) is 2.57. The lowest BCUT2D eigenvalue weighted by Gasteiger charge is -2.13. The van der Waals surface area contributed by atoms with Crippen LogP contribution < -0.4 is 5.32 Å². The lowest BCUT2D eigenvalue weighted by Crippen LogP contribution is -2.31. The highest BCUT2D eigenvalue weighted by Gasteiger charge is 2.17. The number of aryl methyl sites for hydroxylation is 1. The first kappa shape index (κ1) is 15.2. The molecular formula is C14H19NO4. The van der Waals surface area contributed by atoms with Crippen molar-refractivity contribution in [2.75, 3.05) is 19.0 Å². The molecule has 0 aromatic heterocycles. The molecule has 0 aliphatic heterocycles. The van der Waals surface area contributed by atoms with Crippen molar-refractivity contribution in [3.63, 3.8) is 0 Å². The molecule has 1 rings (SSSR count). The number of benzene rings is 1. The van der Waals surface area contributed by atoms with E-state index in [4.69, 9.17) is 4.74 Å². The smallest absolute Gasteiger partial charge is 0.332 e. The molecule has 0 saturated carbocycles. The number of carbonyl (C=O) groups excluding carboxylic acids is 2. The number of nitrogens with one attached hydrogen (secondary N) is 1. The first-order valence-corrected chi connectivity index (χ1v) is 6.15. The molecule has 104 valence electrons. The van der Waals surface area contributed by atoms with Gasteiger partial charge in [-0.05, 0) is 31.0 Å². The van der Waals surface area contributed by atoms with Crippen molar-refractivity contribution in [2.45, 2.75) is 26.4 Å². The van der Waals surface area contributed by atoms with E-state index in [1.807, 2.05) is 24.3 Å². The van der Waals surface area contributed by atoms with Crippen LogP contribution in [0.4, 0.5) is 5.69 Å². The van der Waals surface area contributed by atoms with Crippen molar-refractivity contribution in [2.24, 2.45) is 0 Å². The van der Waals surface area contributed by atoms with E-state index < -0.39 is 12.1 Å². The molecule has 1 N–H and O–H groups in total. The van der Waals surface area contributed by atoms with Crippen molar-refractivity contribution in [3.8, 4) is 0 Å². The summed E-state index contributed by atoms with van der Waals surface area (Å²) in [5.41, 5.74) is 1.87. The lowest BCUT2D eigenvalue weighted by molar-refractivity contribution is -0.156. The molecule has 0 aliphatic rings. The molecular weight excluding hydrogens is 246 g/mol. The Morgan fingerprint density at radius 2 is 1.89 bits per heavy atom. The number of ether oxygens (including phenoxy) is 2. The number of amides is 1. The van der Waals surface area contributed by atoms with E-state index >= 15 is 0 Å². The summed E-state index contributed by atoms with van der Waals surface area (Å²) >= 11 is 0. The van der Waals surface area contributed by atoms with Gasteiger partial charge in [0, 0.05) is 12.8 Å². The quantitative estimate of drug-likeness (QED) is 0.796. The largest absolute Gasteiger partial charge is 0.451 e. The number of hydrogen-bond donors (Lipinski definition) is 1. The number of esters is 1. The van der Waals surface area contributed by atoms with Gasteiger partial charge in [-0.2, -0.15) is 0 Å². The van der Waals surface area contributed by atoms with Crippen molar-refractivity contribution < 1.29 is 19.1 Å². The number of methoxy groups -OCH3 is 1. The van der Waals surface area contributed by atoms with Crippen LogP contribution in [-0.2, 0) is 25.5 Å². The Kier molecular flexibility index (Phi) is 6.02. The molecule has 0 spiro atoms. The summed E-state index contributed by atoms with van der Waals surface area (Å²) < 4.78 is 9.52. The summed E-state index contributed by atoms with van der Waals surface area (Å²) in [7, 11) is 1.39. The standard InChI is InChI=1S/C14H19NO4/c1-4-11-5-7-12(8-6-11)15-14(17)10(2)19-13(16)9-18-3/h5-8,10H,4,9H2,1-3H3,(H,15,17)/t10-/m1/s1. The van der Waals surface area contributed by atoms with E-state index in [0.29, 0.717) is 5.69 Å². The molecule has 5 nitrogen and oxygen atoms in total. The Labute approximate surface area is 112 Å². The maximum atomic E-state index is 11.8. The summed E-state index contributed by atoms with van der Waals surface area (Å²) in [5, 5.41) is 2.68. The third-order valence-electron chi connectivity index (χ3n) is 2.57. The minimum Gasteiger partial charge on any atom is -0.451 e. The SMILES string of the molecule is CCc1ccc(NC(=O)[C@@H](C)OC(=O)COC)cc1. The highest BCUT2D eigenvalue weighted by Crippen LogP contribution is 2.10. The second-order valence-corrected chi connectivity index (χ2v) is 4.10. The average Bonchev–Trinajstić information content (AvgIpc) is 2.39. The molecule has 19 heavy (non-hydrogen) atoms. The third kappa shape index (κ3) is 5.09. The Bertz CT molecular complexity index is 428. The number of rotatable bonds is 6. The van der Waals surface area contributed by atoms with Crippen LogP contribution >= 0.6 is 0 Å². The van der Waals surface area contributed by atoms with Gasteiger partial charge in [0.05, 0.1) is 0 Å². The summed E-state index contributed by atoms with van der Waals surface area (Å²) in [6.07, 6.45) is 0.0905. The van der Waals surface area contributed by atoms with Crippen molar-refractivity contribution >= 4 is 17.6 Å². The molecule has 1 amide bonds. The second kappa shape index (κ2) is 7.53. The van der Waals surface area contributed by atoms with Crippen LogP contribution in [0.2, 0.25) is 0 Å². The first-order valence-electron chi connectivity index (χ1n) is 6.15. The van der Waals surface area contributed by atoms with Gasteiger partial charge in [0.2, 0.25) is 0 Å². The molecule has 1 aromatic rings. The summed E-state index contributed by atoms with van der Waals surface area (Å²) in [4.78, 5) is 22.9. The minimum atomic E-state index is -0.853. The van der Waals surface area contributed by atoms with Crippen LogP contribution in [0.5, 0.6) is 0 Å². The second-order valence-electron chi connectivity index (χ2n) is 4.10. The van der Waals surface area contributed by atoms with Gasteiger partial charge >= 0.3 is 5.97 Å². The maximum absolute atomic E-state index is 11.8. The fourth-order valence-electron chi connectivity index (χ4n) is 1.47. The van der Waals surface area contributed by atoms with Crippen molar-refractivity contribution in [3.05, 3.63) is 29.8 Å². The van der Waals surface area contributed by atoms with Gasteiger partial charge in [0.15, 0.2) is 6.10 Å². The highest BCUT2D eigenvalue weighted by atomic mass is 16.6. The van der Waals surface area contributed by atoms with Crippen LogP contribution in [0, 0.1) is 0 Å². The fraction of sp³-hybridized carbons (Fsp3) is 0.429. The zero-order valence-electron chi connectivity index (χ0n) is 11.4. The van der Waals surface area contributed by atoms with E-state index in [2.05, 4.69) is 17.0 Å². The maximum Gasteiger partial charge on any atom is 0.332 e. The number of hydrogen-bond acceptors (Lipinski definition) is 4.